The monoisotopic (exact) mass is 343 g/mol. The van der Waals surface area contributed by atoms with Crippen LogP contribution >= 0.6 is 0 Å². The lowest BCUT2D eigenvalue weighted by Crippen LogP contribution is -2.12. The fraction of sp³-hybridized carbons (Fsp3) is 0.263. The number of rotatable bonds is 5. The van der Waals surface area contributed by atoms with Gasteiger partial charge in [-0.25, -0.2) is 13.8 Å². The second-order valence-corrected chi connectivity index (χ2v) is 6.33. The summed E-state index contributed by atoms with van der Waals surface area (Å²) in [7, 11) is 0. The van der Waals surface area contributed by atoms with Crippen LogP contribution in [0, 0.1) is 11.6 Å². The van der Waals surface area contributed by atoms with Gasteiger partial charge in [-0.05, 0) is 36.2 Å². The minimum Gasteiger partial charge on any atom is -0.342 e. The second kappa shape index (κ2) is 7.01. The molecule has 0 saturated carbocycles. The molecular weight excluding hydrogens is 324 g/mol. The third kappa shape index (κ3) is 4.21. The molecule has 0 aliphatic carbocycles. The molecule has 6 heteroatoms. The Balaban J connectivity index is 1.64. The minimum absolute atomic E-state index is 0.119. The van der Waals surface area contributed by atoms with Gasteiger partial charge >= 0.3 is 0 Å². The van der Waals surface area contributed by atoms with E-state index in [0.717, 1.165) is 40.6 Å². The molecule has 0 aliphatic rings. The summed E-state index contributed by atoms with van der Waals surface area (Å²) in [5, 5.41) is 2.51. The van der Waals surface area contributed by atoms with Crippen molar-refractivity contribution in [3.8, 4) is 0 Å². The zero-order valence-electron chi connectivity index (χ0n) is 14.1. The molecular formula is C19H19F2N3O. The molecule has 1 heterocycles. The molecule has 0 aliphatic heterocycles. The number of imidazole rings is 1. The molecule has 0 fully saturated rings. The van der Waals surface area contributed by atoms with Crippen molar-refractivity contribution in [2.24, 2.45) is 0 Å². The highest BCUT2D eigenvalue weighted by atomic mass is 19.1. The summed E-state index contributed by atoms with van der Waals surface area (Å²) in [6.07, 6.45) is 0.740. The molecule has 25 heavy (non-hydrogen) atoms. The summed E-state index contributed by atoms with van der Waals surface area (Å²) >= 11 is 0. The van der Waals surface area contributed by atoms with Crippen LogP contribution in [0.1, 0.15) is 37.6 Å². The average molecular weight is 343 g/mol. The molecule has 0 radical (unpaired) electrons. The highest BCUT2D eigenvalue weighted by molar-refractivity contribution is 5.90. The number of nitrogens with one attached hydrogen (secondary N) is 2. The number of hydrogen-bond donors (Lipinski definition) is 2. The van der Waals surface area contributed by atoms with Gasteiger partial charge in [-0.15, -0.1) is 0 Å². The van der Waals surface area contributed by atoms with E-state index >= 15 is 0 Å². The van der Waals surface area contributed by atoms with Crippen LogP contribution in [0.4, 0.5) is 14.5 Å². The van der Waals surface area contributed by atoms with Crippen molar-refractivity contribution < 1.29 is 13.6 Å². The summed E-state index contributed by atoms with van der Waals surface area (Å²) in [5.41, 5.74) is 2.95. The normalized spacial score (nSPS) is 11.2. The maximum absolute atomic E-state index is 13.1. The lowest BCUT2D eigenvalue weighted by atomic mass is 10.1. The van der Waals surface area contributed by atoms with Gasteiger partial charge in [-0.1, -0.05) is 19.9 Å². The van der Waals surface area contributed by atoms with E-state index in [4.69, 9.17) is 0 Å². The van der Waals surface area contributed by atoms with E-state index in [0.29, 0.717) is 12.3 Å². The van der Waals surface area contributed by atoms with Gasteiger partial charge < -0.3 is 10.3 Å². The molecule has 0 saturated heterocycles. The van der Waals surface area contributed by atoms with Crippen molar-refractivity contribution in [1.82, 2.24) is 9.97 Å². The van der Waals surface area contributed by atoms with Crippen LogP contribution < -0.4 is 5.32 Å². The summed E-state index contributed by atoms with van der Waals surface area (Å²) in [6, 6.07) is 8.77. The number of anilines is 1. The maximum atomic E-state index is 13.1. The van der Waals surface area contributed by atoms with Crippen molar-refractivity contribution >= 4 is 22.6 Å². The standard InChI is InChI=1S/C19H19F2N3O/c1-11(2)19-23-16-5-3-12(7-17(16)24-19)4-6-18(25)22-15-9-13(20)8-14(21)10-15/h3,5,7-11H,4,6H2,1-2H3,(H,22,25)(H,23,24). The van der Waals surface area contributed by atoms with Crippen LogP contribution in [0.2, 0.25) is 0 Å². The highest BCUT2D eigenvalue weighted by Gasteiger charge is 2.09. The largest absolute Gasteiger partial charge is 0.342 e. The number of amides is 1. The number of carbonyl (C=O) groups excluding carboxylic acids is 1. The molecule has 3 aromatic rings. The molecule has 1 aromatic heterocycles. The van der Waals surface area contributed by atoms with Gasteiger partial charge in [0.05, 0.1) is 11.0 Å². The Hall–Kier alpha value is -2.76. The van der Waals surface area contributed by atoms with Gasteiger partial charge in [-0.3, -0.25) is 4.79 Å². The lowest BCUT2D eigenvalue weighted by Gasteiger charge is -2.06. The smallest absolute Gasteiger partial charge is 0.224 e. The Morgan fingerprint density at radius 3 is 2.56 bits per heavy atom. The quantitative estimate of drug-likeness (QED) is 0.715. The molecule has 1 amide bonds. The van der Waals surface area contributed by atoms with Gasteiger partial charge in [-0.2, -0.15) is 0 Å². The topological polar surface area (TPSA) is 57.8 Å². The number of aromatic nitrogens is 2. The number of nitrogens with zero attached hydrogens (tertiary/aromatic N) is 1. The molecule has 4 nitrogen and oxygen atoms in total. The van der Waals surface area contributed by atoms with E-state index in [2.05, 4.69) is 29.1 Å². The molecule has 2 aromatic carbocycles. The van der Waals surface area contributed by atoms with Gasteiger partial charge in [0.2, 0.25) is 5.91 Å². The fourth-order valence-electron chi connectivity index (χ4n) is 2.61. The zero-order valence-corrected chi connectivity index (χ0v) is 14.1. The number of hydrogen-bond acceptors (Lipinski definition) is 2. The SMILES string of the molecule is CC(C)c1nc2ccc(CCC(=O)Nc3cc(F)cc(F)c3)cc2[nH]1. The number of carbonyl (C=O) groups is 1. The molecule has 0 unspecified atom stereocenters. The molecule has 3 rings (SSSR count). The number of H-pyrrole nitrogens is 1. The predicted octanol–water partition coefficient (Wildman–Crippen LogP) is 4.54. The van der Waals surface area contributed by atoms with Crippen LogP contribution in [0.3, 0.4) is 0 Å². The highest BCUT2D eigenvalue weighted by Crippen LogP contribution is 2.19. The van der Waals surface area contributed by atoms with E-state index in [1.54, 1.807) is 0 Å². The summed E-state index contributed by atoms with van der Waals surface area (Å²) in [6.45, 7) is 4.14. The van der Waals surface area contributed by atoms with Crippen molar-refractivity contribution in [3.63, 3.8) is 0 Å². The van der Waals surface area contributed by atoms with Crippen molar-refractivity contribution in [3.05, 3.63) is 59.4 Å². The van der Waals surface area contributed by atoms with E-state index < -0.39 is 11.6 Å². The predicted molar refractivity (Wildman–Crippen MR) is 93.5 cm³/mol. The molecule has 2 N–H and O–H groups in total. The van der Waals surface area contributed by atoms with Gasteiger partial charge in [0.1, 0.15) is 17.5 Å². The first-order valence-electron chi connectivity index (χ1n) is 8.15. The van der Waals surface area contributed by atoms with Crippen LogP contribution in [0.5, 0.6) is 0 Å². The van der Waals surface area contributed by atoms with Gasteiger partial charge in [0, 0.05) is 24.1 Å². The first kappa shape index (κ1) is 17.1. The van der Waals surface area contributed by atoms with E-state index in [-0.39, 0.29) is 18.0 Å². The summed E-state index contributed by atoms with van der Waals surface area (Å²) in [4.78, 5) is 19.8. The second-order valence-electron chi connectivity index (χ2n) is 6.33. The Kier molecular flexibility index (Phi) is 4.79. The van der Waals surface area contributed by atoms with Crippen LogP contribution in [0.15, 0.2) is 36.4 Å². The fourth-order valence-corrected chi connectivity index (χ4v) is 2.61. The molecule has 0 atom stereocenters. The number of benzene rings is 2. The third-order valence-electron chi connectivity index (χ3n) is 3.90. The maximum Gasteiger partial charge on any atom is 0.224 e. The first-order chi connectivity index (χ1) is 11.9. The summed E-state index contributed by atoms with van der Waals surface area (Å²) < 4.78 is 26.3. The molecule has 0 bridgehead atoms. The lowest BCUT2D eigenvalue weighted by molar-refractivity contribution is -0.116. The van der Waals surface area contributed by atoms with Crippen LogP contribution in [-0.2, 0) is 11.2 Å². The zero-order chi connectivity index (χ0) is 18.0. The Bertz CT molecular complexity index is 898. The van der Waals surface area contributed by atoms with Gasteiger partial charge in [0.25, 0.3) is 0 Å². The molecule has 130 valence electrons. The third-order valence-corrected chi connectivity index (χ3v) is 3.90. The van der Waals surface area contributed by atoms with Crippen LogP contribution in [-0.4, -0.2) is 15.9 Å². The summed E-state index contributed by atoms with van der Waals surface area (Å²) in [5.74, 6) is -0.495. The van der Waals surface area contributed by atoms with Gasteiger partial charge in [0.15, 0.2) is 0 Å². The van der Waals surface area contributed by atoms with Crippen molar-refractivity contribution in [2.75, 3.05) is 5.32 Å². The number of fused-ring (bicyclic) bond motifs is 1. The molecule has 0 spiro atoms. The number of halogens is 2. The Labute approximate surface area is 144 Å². The van der Waals surface area contributed by atoms with Crippen molar-refractivity contribution in [2.45, 2.75) is 32.6 Å². The van der Waals surface area contributed by atoms with E-state index in [1.807, 2.05) is 18.2 Å². The van der Waals surface area contributed by atoms with E-state index in [1.165, 1.54) is 0 Å². The first-order valence-corrected chi connectivity index (χ1v) is 8.15. The average Bonchev–Trinajstić information content (AvgIpc) is 2.95. The number of aryl methyl sites for hydroxylation is 1. The van der Waals surface area contributed by atoms with Crippen LogP contribution in [0.25, 0.3) is 11.0 Å². The minimum atomic E-state index is -0.721. The van der Waals surface area contributed by atoms with E-state index in [9.17, 15) is 13.6 Å². The van der Waals surface area contributed by atoms with Crippen molar-refractivity contribution in [1.29, 1.82) is 0 Å². The number of aromatic amines is 1. The Morgan fingerprint density at radius 1 is 1.16 bits per heavy atom. The Morgan fingerprint density at radius 2 is 1.88 bits per heavy atom.